The lowest BCUT2D eigenvalue weighted by Crippen LogP contribution is -2.44. The van der Waals surface area contributed by atoms with Crippen LogP contribution in [0.1, 0.15) is 13.3 Å². The number of benzene rings is 2. The standard InChI is InChI=1S/C25H23N5O2S/c1-16-14-22(31)26-19-10-5-6-11-20(19)30(16)23(32)15-29(2)25-17-8-3-4-9-18(17)27-24(28-25)21-12-7-13-33-21/h3-13,16H,14-15H2,1-2H3,(H,26,31). The van der Waals surface area contributed by atoms with Gasteiger partial charge in [-0.05, 0) is 42.6 Å². The van der Waals surface area contributed by atoms with Gasteiger partial charge in [-0.3, -0.25) is 9.59 Å². The van der Waals surface area contributed by atoms with Crippen LogP contribution in [0.3, 0.4) is 0 Å². The van der Waals surface area contributed by atoms with E-state index in [1.807, 2.05) is 84.9 Å². The number of para-hydroxylation sites is 3. The Labute approximate surface area is 195 Å². The van der Waals surface area contributed by atoms with E-state index in [1.54, 1.807) is 16.2 Å². The van der Waals surface area contributed by atoms with Crippen LogP contribution < -0.4 is 15.1 Å². The van der Waals surface area contributed by atoms with Gasteiger partial charge in [0.15, 0.2) is 5.82 Å². The fourth-order valence-electron chi connectivity index (χ4n) is 4.19. The van der Waals surface area contributed by atoms with Crippen molar-refractivity contribution in [3.8, 4) is 10.7 Å². The summed E-state index contributed by atoms with van der Waals surface area (Å²) in [6.07, 6.45) is 0.239. The van der Waals surface area contributed by atoms with E-state index >= 15 is 0 Å². The molecule has 33 heavy (non-hydrogen) atoms. The number of nitrogens with one attached hydrogen (secondary N) is 1. The maximum absolute atomic E-state index is 13.6. The second kappa shape index (κ2) is 8.63. The van der Waals surface area contributed by atoms with Crippen molar-refractivity contribution in [2.45, 2.75) is 19.4 Å². The molecule has 0 radical (unpaired) electrons. The van der Waals surface area contributed by atoms with E-state index in [-0.39, 0.29) is 30.8 Å². The molecule has 1 aliphatic heterocycles. The van der Waals surface area contributed by atoms with Crippen molar-refractivity contribution in [3.63, 3.8) is 0 Å². The maximum Gasteiger partial charge on any atom is 0.246 e. The summed E-state index contributed by atoms with van der Waals surface area (Å²) in [5, 5.41) is 5.78. The van der Waals surface area contributed by atoms with Crippen molar-refractivity contribution >= 4 is 51.2 Å². The van der Waals surface area contributed by atoms with Crippen LogP contribution in [0.2, 0.25) is 0 Å². The van der Waals surface area contributed by atoms with Gasteiger partial charge in [-0.25, -0.2) is 9.97 Å². The van der Waals surface area contributed by atoms with Gasteiger partial charge in [0.1, 0.15) is 5.82 Å². The minimum absolute atomic E-state index is 0.0963. The number of likely N-dealkylation sites (N-methyl/N-ethyl adjacent to an activating group) is 1. The topological polar surface area (TPSA) is 78.4 Å². The Morgan fingerprint density at radius 2 is 1.91 bits per heavy atom. The summed E-state index contributed by atoms with van der Waals surface area (Å²) >= 11 is 1.58. The molecule has 0 saturated carbocycles. The third-order valence-electron chi connectivity index (χ3n) is 5.69. The van der Waals surface area contributed by atoms with Crippen molar-refractivity contribution < 1.29 is 9.59 Å². The van der Waals surface area contributed by atoms with E-state index in [4.69, 9.17) is 9.97 Å². The second-order valence-electron chi connectivity index (χ2n) is 8.10. The van der Waals surface area contributed by atoms with Gasteiger partial charge in [-0.1, -0.05) is 30.3 Å². The zero-order chi connectivity index (χ0) is 22.9. The summed E-state index contributed by atoms with van der Waals surface area (Å²) < 4.78 is 0. The van der Waals surface area contributed by atoms with Gasteiger partial charge in [-0.15, -0.1) is 11.3 Å². The summed E-state index contributed by atoms with van der Waals surface area (Å²) in [4.78, 5) is 40.0. The van der Waals surface area contributed by atoms with Crippen LogP contribution in [0.4, 0.5) is 17.2 Å². The van der Waals surface area contributed by atoms with E-state index in [2.05, 4.69) is 5.32 Å². The summed E-state index contributed by atoms with van der Waals surface area (Å²) in [5.41, 5.74) is 2.19. The van der Waals surface area contributed by atoms with E-state index in [0.717, 1.165) is 15.8 Å². The van der Waals surface area contributed by atoms with Crippen LogP contribution in [-0.2, 0) is 9.59 Å². The number of carbonyl (C=O) groups excluding carboxylic acids is 2. The van der Waals surface area contributed by atoms with E-state index in [0.29, 0.717) is 23.0 Å². The Hall–Kier alpha value is -3.78. The van der Waals surface area contributed by atoms with Crippen LogP contribution in [-0.4, -0.2) is 41.4 Å². The van der Waals surface area contributed by atoms with E-state index in [9.17, 15) is 9.59 Å². The molecule has 2 aromatic heterocycles. The molecule has 4 aromatic rings. The Balaban J connectivity index is 1.50. The Kier molecular flexibility index (Phi) is 5.51. The molecule has 0 saturated heterocycles. The van der Waals surface area contributed by atoms with Crippen LogP contribution in [0.15, 0.2) is 66.0 Å². The van der Waals surface area contributed by atoms with Crippen LogP contribution in [0, 0.1) is 0 Å². The molecule has 0 aliphatic carbocycles. The molecule has 1 aliphatic rings. The predicted octanol–water partition coefficient (Wildman–Crippen LogP) is 4.56. The smallest absolute Gasteiger partial charge is 0.246 e. The highest BCUT2D eigenvalue weighted by atomic mass is 32.1. The number of rotatable bonds is 4. The number of fused-ring (bicyclic) bond motifs is 2. The van der Waals surface area contributed by atoms with Gasteiger partial charge in [0.2, 0.25) is 11.8 Å². The SMILES string of the molecule is CC1CC(=O)Nc2ccccc2N1C(=O)CN(C)c1nc(-c2cccs2)nc2ccccc12. The molecule has 166 valence electrons. The molecule has 1 N–H and O–H groups in total. The summed E-state index contributed by atoms with van der Waals surface area (Å²) in [7, 11) is 1.86. The van der Waals surface area contributed by atoms with Crippen molar-refractivity contribution in [1.29, 1.82) is 0 Å². The lowest BCUT2D eigenvalue weighted by atomic mass is 10.1. The number of anilines is 3. The van der Waals surface area contributed by atoms with Crippen LogP contribution in [0.25, 0.3) is 21.6 Å². The van der Waals surface area contributed by atoms with Crippen molar-refractivity contribution in [1.82, 2.24) is 9.97 Å². The molecule has 1 atom stereocenters. The summed E-state index contributed by atoms with van der Waals surface area (Å²) in [6, 6.07) is 18.9. The van der Waals surface area contributed by atoms with E-state index in [1.165, 1.54) is 0 Å². The number of hydrogen-bond acceptors (Lipinski definition) is 6. The molecule has 1 unspecified atom stereocenters. The largest absolute Gasteiger partial charge is 0.350 e. The Morgan fingerprint density at radius 3 is 2.73 bits per heavy atom. The minimum Gasteiger partial charge on any atom is -0.350 e. The molecule has 5 rings (SSSR count). The molecular weight excluding hydrogens is 434 g/mol. The number of nitrogens with zero attached hydrogens (tertiary/aromatic N) is 4. The number of aromatic nitrogens is 2. The maximum atomic E-state index is 13.6. The molecule has 3 heterocycles. The van der Waals surface area contributed by atoms with Gasteiger partial charge < -0.3 is 15.1 Å². The van der Waals surface area contributed by atoms with E-state index < -0.39 is 0 Å². The van der Waals surface area contributed by atoms with Gasteiger partial charge in [0.25, 0.3) is 0 Å². The first-order valence-corrected chi connectivity index (χ1v) is 11.6. The van der Waals surface area contributed by atoms with Crippen molar-refractivity contribution in [3.05, 3.63) is 66.0 Å². The lowest BCUT2D eigenvalue weighted by molar-refractivity contribution is -0.118. The van der Waals surface area contributed by atoms with Gasteiger partial charge in [0, 0.05) is 24.9 Å². The fraction of sp³-hybridized carbons (Fsp3) is 0.200. The number of thiophene rings is 1. The zero-order valence-electron chi connectivity index (χ0n) is 18.4. The average molecular weight is 458 g/mol. The normalized spacial score (nSPS) is 15.6. The highest BCUT2D eigenvalue weighted by Crippen LogP contribution is 2.32. The van der Waals surface area contributed by atoms with Crippen LogP contribution in [0.5, 0.6) is 0 Å². The molecule has 8 heteroatoms. The highest BCUT2D eigenvalue weighted by Gasteiger charge is 2.30. The first-order chi connectivity index (χ1) is 16.0. The molecule has 2 aromatic carbocycles. The van der Waals surface area contributed by atoms with Gasteiger partial charge in [0.05, 0.1) is 28.3 Å². The Bertz CT molecular complexity index is 1340. The predicted molar refractivity (Wildman–Crippen MR) is 133 cm³/mol. The molecule has 0 spiro atoms. The molecule has 0 bridgehead atoms. The van der Waals surface area contributed by atoms with Crippen LogP contribution >= 0.6 is 11.3 Å². The van der Waals surface area contributed by atoms with Gasteiger partial charge >= 0.3 is 0 Å². The lowest BCUT2D eigenvalue weighted by Gasteiger charge is -2.30. The number of hydrogen-bond donors (Lipinski definition) is 1. The third-order valence-corrected chi connectivity index (χ3v) is 6.55. The summed E-state index contributed by atoms with van der Waals surface area (Å²) in [5.74, 6) is 1.14. The fourth-order valence-corrected chi connectivity index (χ4v) is 4.85. The molecule has 2 amide bonds. The first kappa shape index (κ1) is 21.1. The molecule has 7 nitrogen and oxygen atoms in total. The van der Waals surface area contributed by atoms with Gasteiger partial charge in [-0.2, -0.15) is 0 Å². The number of amides is 2. The first-order valence-electron chi connectivity index (χ1n) is 10.7. The average Bonchev–Trinajstić information content (AvgIpc) is 3.30. The number of carbonyl (C=O) groups is 2. The quantitative estimate of drug-likeness (QED) is 0.486. The molecule has 0 fully saturated rings. The molecular formula is C25H23N5O2S. The summed E-state index contributed by atoms with van der Waals surface area (Å²) in [6.45, 7) is 2.01. The third kappa shape index (κ3) is 4.05. The highest BCUT2D eigenvalue weighted by molar-refractivity contribution is 7.13. The monoisotopic (exact) mass is 457 g/mol. The van der Waals surface area contributed by atoms with Crippen molar-refractivity contribution in [2.24, 2.45) is 0 Å². The zero-order valence-corrected chi connectivity index (χ0v) is 19.2. The second-order valence-corrected chi connectivity index (χ2v) is 9.05. The van der Waals surface area contributed by atoms with Crippen molar-refractivity contribution in [2.75, 3.05) is 28.7 Å². The Morgan fingerprint density at radius 1 is 1.12 bits per heavy atom. The minimum atomic E-state index is -0.265.